The van der Waals surface area contributed by atoms with Gasteiger partial charge in [-0.25, -0.2) is 9.29 Å². The van der Waals surface area contributed by atoms with Crippen LogP contribution in [0.15, 0.2) is 66.4 Å². The first-order valence-electron chi connectivity index (χ1n) is 10.3. The van der Waals surface area contributed by atoms with Crippen LogP contribution in [0.2, 0.25) is 0 Å². The molecule has 0 aromatic heterocycles. The first-order valence-corrected chi connectivity index (χ1v) is 10.3. The van der Waals surface area contributed by atoms with E-state index < -0.39 is 17.6 Å². The summed E-state index contributed by atoms with van der Waals surface area (Å²) in [5.41, 5.74) is 3.67. The van der Waals surface area contributed by atoms with E-state index in [1.807, 2.05) is 32.0 Å². The molecule has 0 spiro atoms. The van der Waals surface area contributed by atoms with Gasteiger partial charge in [0.1, 0.15) is 11.5 Å². The highest BCUT2D eigenvalue weighted by Gasteiger charge is 2.40. The largest absolute Gasteiger partial charge is 0.493 e. The van der Waals surface area contributed by atoms with E-state index in [9.17, 15) is 14.0 Å². The van der Waals surface area contributed by atoms with Crippen LogP contribution in [-0.2, 0) is 9.59 Å². The second-order valence-electron chi connectivity index (χ2n) is 7.69. The predicted molar refractivity (Wildman–Crippen MR) is 125 cm³/mol. The summed E-state index contributed by atoms with van der Waals surface area (Å²) < 4.78 is 24.2. The van der Waals surface area contributed by atoms with Gasteiger partial charge in [-0.05, 0) is 60.9 Å². The van der Waals surface area contributed by atoms with Crippen molar-refractivity contribution < 1.29 is 23.5 Å². The monoisotopic (exact) mass is 446 g/mol. The third-order valence-corrected chi connectivity index (χ3v) is 5.49. The van der Waals surface area contributed by atoms with E-state index in [4.69, 9.17) is 9.47 Å². The number of carbonyl (C=O) groups is 2. The molecule has 168 valence electrons. The summed E-state index contributed by atoms with van der Waals surface area (Å²) in [5, 5.41) is 3.16. The van der Waals surface area contributed by atoms with E-state index in [0.29, 0.717) is 28.4 Å². The topological polar surface area (TPSA) is 67.9 Å². The smallest absolute Gasteiger partial charge is 0.282 e. The molecule has 33 heavy (non-hydrogen) atoms. The number of halogens is 1. The summed E-state index contributed by atoms with van der Waals surface area (Å²) in [6.45, 7) is 3.85. The summed E-state index contributed by atoms with van der Waals surface area (Å²) in [6.07, 6.45) is 0. The molecular weight excluding hydrogens is 423 g/mol. The third kappa shape index (κ3) is 4.05. The van der Waals surface area contributed by atoms with Gasteiger partial charge >= 0.3 is 0 Å². The molecule has 0 atom stereocenters. The van der Waals surface area contributed by atoms with Gasteiger partial charge in [0.2, 0.25) is 0 Å². The fourth-order valence-electron chi connectivity index (χ4n) is 3.73. The average molecular weight is 446 g/mol. The molecule has 0 saturated heterocycles. The number of nitrogens with one attached hydrogen (secondary N) is 1. The summed E-state index contributed by atoms with van der Waals surface area (Å²) in [5.74, 6) is -0.619. The van der Waals surface area contributed by atoms with Crippen molar-refractivity contribution >= 4 is 28.8 Å². The van der Waals surface area contributed by atoms with E-state index in [0.717, 1.165) is 16.0 Å². The Kier molecular flexibility index (Phi) is 5.87. The number of imide groups is 1. The van der Waals surface area contributed by atoms with E-state index in [1.54, 1.807) is 18.2 Å². The van der Waals surface area contributed by atoms with Crippen molar-refractivity contribution in [3.05, 3.63) is 88.9 Å². The third-order valence-electron chi connectivity index (χ3n) is 5.49. The van der Waals surface area contributed by atoms with Gasteiger partial charge in [-0.2, -0.15) is 0 Å². The number of hydrogen-bond donors (Lipinski definition) is 1. The zero-order valence-electron chi connectivity index (χ0n) is 18.7. The van der Waals surface area contributed by atoms with Crippen molar-refractivity contribution in [1.29, 1.82) is 0 Å². The van der Waals surface area contributed by atoms with Crippen LogP contribution in [0, 0.1) is 19.7 Å². The lowest BCUT2D eigenvalue weighted by Crippen LogP contribution is -2.32. The highest BCUT2D eigenvalue weighted by molar-refractivity contribution is 6.46. The number of methoxy groups -OCH3 is 2. The number of benzene rings is 3. The molecule has 0 unspecified atom stereocenters. The van der Waals surface area contributed by atoms with E-state index in [-0.39, 0.29) is 11.3 Å². The van der Waals surface area contributed by atoms with E-state index >= 15 is 0 Å². The van der Waals surface area contributed by atoms with Gasteiger partial charge in [-0.1, -0.05) is 24.3 Å². The number of anilines is 2. The number of hydrogen-bond acceptors (Lipinski definition) is 5. The molecule has 1 N–H and O–H groups in total. The number of aryl methyl sites for hydroxylation is 2. The second-order valence-corrected chi connectivity index (χ2v) is 7.69. The number of rotatable bonds is 6. The maximum Gasteiger partial charge on any atom is 0.282 e. The molecule has 1 heterocycles. The Morgan fingerprint density at radius 3 is 2.18 bits per heavy atom. The second kappa shape index (κ2) is 8.78. The fraction of sp³-hybridized carbons (Fsp3) is 0.154. The number of amides is 2. The van der Waals surface area contributed by atoms with Crippen molar-refractivity contribution in [3.8, 4) is 11.5 Å². The molecule has 2 amide bonds. The quantitative estimate of drug-likeness (QED) is 0.548. The van der Waals surface area contributed by atoms with Crippen LogP contribution < -0.4 is 19.7 Å². The molecule has 3 aromatic rings. The minimum absolute atomic E-state index is 0.120. The molecule has 0 radical (unpaired) electrons. The van der Waals surface area contributed by atoms with E-state index in [1.165, 1.54) is 38.5 Å². The Morgan fingerprint density at radius 2 is 1.52 bits per heavy atom. The molecule has 4 rings (SSSR count). The maximum absolute atomic E-state index is 13.6. The Bertz CT molecular complexity index is 1280. The molecule has 6 nitrogen and oxygen atoms in total. The fourth-order valence-corrected chi connectivity index (χ4v) is 3.73. The Morgan fingerprint density at radius 1 is 0.818 bits per heavy atom. The molecule has 0 bridgehead atoms. The highest BCUT2D eigenvalue weighted by Crippen LogP contribution is 2.38. The van der Waals surface area contributed by atoms with Crippen molar-refractivity contribution in [1.82, 2.24) is 0 Å². The highest BCUT2D eigenvalue weighted by atomic mass is 19.1. The predicted octanol–water partition coefficient (Wildman–Crippen LogP) is 4.86. The lowest BCUT2D eigenvalue weighted by atomic mass is 10.0. The van der Waals surface area contributed by atoms with Crippen LogP contribution >= 0.6 is 0 Å². The SMILES string of the molecule is COc1ccc(N2C(=O)C(Nc3cc(C)ccc3C)=C(c3ccc(F)cc3)C2=O)cc1OC. The Hall–Kier alpha value is -4.13. The van der Waals surface area contributed by atoms with Gasteiger partial charge < -0.3 is 14.8 Å². The molecule has 7 heteroatoms. The standard InChI is InChI=1S/C26H23FN2O4/c1-15-5-6-16(2)20(13-15)28-24-23(17-7-9-18(27)10-8-17)25(30)29(26(24)31)19-11-12-21(32-3)22(14-19)33-4/h5-14,28H,1-4H3. The summed E-state index contributed by atoms with van der Waals surface area (Å²) in [7, 11) is 2.98. The summed E-state index contributed by atoms with van der Waals surface area (Å²) >= 11 is 0. The van der Waals surface area contributed by atoms with Gasteiger partial charge in [-0.3, -0.25) is 9.59 Å². The Labute approximate surface area is 191 Å². The van der Waals surface area contributed by atoms with Gasteiger partial charge in [0.05, 0.1) is 25.5 Å². The average Bonchev–Trinajstić information content (AvgIpc) is 3.05. The van der Waals surface area contributed by atoms with Gasteiger partial charge in [0, 0.05) is 11.8 Å². The number of nitrogens with zero attached hydrogens (tertiary/aromatic N) is 1. The molecule has 3 aromatic carbocycles. The van der Waals surface area contributed by atoms with Crippen molar-refractivity contribution in [2.24, 2.45) is 0 Å². The lowest BCUT2D eigenvalue weighted by Gasteiger charge is -2.18. The number of carbonyl (C=O) groups excluding carboxylic acids is 2. The zero-order valence-corrected chi connectivity index (χ0v) is 18.7. The van der Waals surface area contributed by atoms with Crippen molar-refractivity contribution in [2.45, 2.75) is 13.8 Å². The minimum atomic E-state index is -0.522. The molecule has 1 aliphatic rings. The first-order chi connectivity index (χ1) is 15.8. The lowest BCUT2D eigenvalue weighted by molar-refractivity contribution is -0.120. The van der Waals surface area contributed by atoms with Crippen LogP contribution in [0.4, 0.5) is 15.8 Å². The van der Waals surface area contributed by atoms with E-state index in [2.05, 4.69) is 5.32 Å². The zero-order chi connectivity index (χ0) is 23.7. The van der Waals surface area contributed by atoms with Crippen LogP contribution in [-0.4, -0.2) is 26.0 Å². The van der Waals surface area contributed by atoms with Crippen molar-refractivity contribution in [3.63, 3.8) is 0 Å². The number of ether oxygens (including phenoxy) is 2. The molecule has 1 aliphatic heterocycles. The van der Waals surface area contributed by atoms with Crippen LogP contribution in [0.1, 0.15) is 16.7 Å². The van der Waals surface area contributed by atoms with Gasteiger partial charge in [0.15, 0.2) is 11.5 Å². The van der Waals surface area contributed by atoms with Crippen LogP contribution in [0.5, 0.6) is 11.5 Å². The normalized spacial score (nSPS) is 13.5. The van der Waals surface area contributed by atoms with Crippen LogP contribution in [0.3, 0.4) is 0 Å². The maximum atomic E-state index is 13.6. The Balaban J connectivity index is 1.84. The van der Waals surface area contributed by atoms with Gasteiger partial charge in [-0.15, -0.1) is 0 Å². The molecule has 0 aliphatic carbocycles. The molecule has 0 fully saturated rings. The molecular formula is C26H23FN2O4. The minimum Gasteiger partial charge on any atom is -0.493 e. The first kappa shape index (κ1) is 22.1. The summed E-state index contributed by atoms with van der Waals surface area (Å²) in [4.78, 5) is 28.2. The van der Waals surface area contributed by atoms with Crippen molar-refractivity contribution in [2.75, 3.05) is 24.4 Å². The molecule has 0 saturated carbocycles. The van der Waals surface area contributed by atoms with Crippen LogP contribution in [0.25, 0.3) is 5.57 Å². The van der Waals surface area contributed by atoms with Gasteiger partial charge in [0.25, 0.3) is 11.8 Å². The summed E-state index contributed by atoms with van der Waals surface area (Å²) in [6, 6.07) is 16.1.